The first-order valence-corrected chi connectivity index (χ1v) is 8.47. The van der Waals surface area contributed by atoms with Gasteiger partial charge in [-0.25, -0.2) is 0 Å². The molecular formula is C15H19N3O2S. The minimum atomic E-state index is -3.60. The zero-order valence-electron chi connectivity index (χ0n) is 12.4. The van der Waals surface area contributed by atoms with Gasteiger partial charge in [0.05, 0.1) is 5.69 Å². The molecule has 0 N–H and O–H groups in total. The molecule has 0 fully saturated rings. The van der Waals surface area contributed by atoms with Crippen molar-refractivity contribution in [3.8, 4) is 0 Å². The van der Waals surface area contributed by atoms with Gasteiger partial charge in [-0.3, -0.25) is 8.99 Å². The van der Waals surface area contributed by atoms with Crippen molar-refractivity contribution in [2.24, 2.45) is 7.05 Å². The molecule has 0 amide bonds. The van der Waals surface area contributed by atoms with Gasteiger partial charge in [-0.15, -0.1) is 0 Å². The van der Waals surface area contributed by atoms with E-state index in [0.29, 0.717) is 12.5 Å². The molecule has 5 nitrogen and oxygen atoms in total. The summed E-state index contributed by atoms with van der Waals surface area (Å²) in [5.41, 5.74) is 2.90. The highest BCUT2D eigenvalue weighted by atomic mass is 32.2. The lowest BCUT2D eigenvalue weighted by Crippen LogP contribution is -2.37. The molecule has 1 aliphatic heterocycles. The Morgan fingerprint density at radius 2 is 2.05 bits per heavy atom. The number of rotatable bonds is 2. The Morgan fingerprint density at radius 1 is 1.29 bits per heavy atom. The Kier molecular flexibility index (Phi) is 3.28. The minimum absolute atomic E-state index is 0.105. The molecular weight excluding hydrogens is 286 g/mol. The Hall–Kier alpha value is -1.82. The van der Waals surface area contributed by atoms with E-state index in [4.69, 9.17) is 0 Å². The number of aryl methyl sites for hydroxylation is 2. The molecule has 3 rings (SSSR count). The Morgan fingerprint density at radius 3 is 2.71 bits per heavy atom. The van der Waals surface area contributed by atoms with Gasteiger partial charge in [0.1, 0.15) is 0 Å². The highest BCUT2D eigenvalue weighted by molar-refractivity contribution is 7.92. The van der Waals surface area contributed by atoms with Crippen LogP contribution in [0, 0.1) is 6.92 Å². The summed E-state index contributed by atoms with van der Waals surface area (Å²) < 4.78 is 28.8. The zero-order chi connectivity index (χ0) is 15.2. The van der Waals surface area contributed by atoms with Crippen LogP contribution in [0.25, 0.3) is 0 Å². The summed E-state index contributed by atoms with van der Waals surface area (Å²) in [5, 5.41) is 4.17. The van der Waals surface area contributed by atoms with Crippen LogP contribution in [-0.2, 0) is 17.1 Å². The van der Waals surface area contributed by atoms with Crippen molar-refractivity contribution in [2.45, 2.75) is 31.2 Å². The maximum atomic E-state index is 12.9. The summed E-state index contributed by atoms with van der Waals surface area (Å²) in [6.07, 6.45) is 2.47. The molecule has 1 aromatic heterocycles. The lowest BCUT2D eigenvalue weighted by atomic mass is 9.91. The predicted molar refractivity (Wildman–Crippen MR) is 82.0 cm³/mol. The molecule has 0 saturated heterocycles. The fourth-order valence-corrected chi connectivity index (χ4v) is 4.41. The van der Waals surface area contributed by atoms with Gasteiger partial charge in [0.15, 0.2) is 5.03 Å². The number of fused-ring (bicyclic) bond motifs is 1. The molecule has 0 aliphatic carbocycles. The van der Waals surface area contributed by atoms with Crippen LogP contribution in [-0.4, -0.2) is 24.7 Å². The monoisotopic (exact) mass is 305 g/mol. The van der Waals surface area contributed by atoms with Crippen LogP contribution >= 0.6 is 0 Å². The fourth-order valence-electron chi connectivity index (χ4n) is 2.88. The van der Waals surface area contributed by atoms with Crippen molar-refractivity contribution in [3.05, 3.63) is 41.6 Å². The van der Waals surface area contributed by atoms with Crippen LogP contribution in [0.2, 0.25) is 0 Å². The van der Waals surface area contributed by atoms with E-state index in [1.54, 1.807) is 19.3 Å². The SMILES string of the molecule is Cc1cccc2c1N(S(=O)(=O)c1ccn(C)n1)CCC2C. The first-order valence-electron chi connectivity index (χ1n) is 7.03. The first kappa shape index (κ1) is 14.1. The second-order valence-corrected chi connectivity index (χ2v) is 7.42. The first-order chi connectivity index (χ1) is 9.91. The molecule has 1 atom stereocenters. The summed E-state index contributed by atoms with van der Waals surface area (Å²) in [5.74, 6) is 0.370. The molecule has 1 unspecified atom stereocenters. The van der Waals surface area contributed by atoms with E-state index in [-0.39, 0.29) is 5.03 Å². The van der Waals surface area contributed by atoms with E-state index in [1.807, 2.05) is 25.1 Å². The van der Waals surface area contributed by atoms with Crippen LogP contribution in [0.4, 0.5) is 5.69 Å². The topological polar surface area (TPSA) is 55.2 Å². The van der Waals surface area contributed by atoms with Gasteiger partial charge in [-0.05, 0) is 36.5 Å². The number of aromatic nitrogens is 2. The Labute approximate surface area is 125 Å². The van der Waals surface area contributed by atoms with Crippen molar-refractivity contribution in [3.63, 3.8) is 0 Å². The Bertz CT molecular complexity index is 780. The second kappa shape index (κ2) is 4.87. The molecule has 1 aromatic carbocycles. The molecule has 21 heavy (non-hydrogen) atoms. The fraction of sp³-hybridized carbons (Fsp3) is 0.400. The van der Waals surface area contributed by atoms with Crippen LogP contribution in [0.5, 0.6) is 0 Å². The molecule has 0 bridgehead atoms. The van der Waals surface area contributed by atoms with Crippen molar-refractivity contribution in [1.82, 2.24) is 9.78 Å². The van der Waals surface area contributed by atoms with Crippen LogP contribution in [0.15, 0.2) is 35.5 Å². The maximum Gasteiger partial charge on any atom is 0.283 e. The summed E-state index contributed by atoms with van der Waals surface area (Å²) >= 11 is 0. The highest BCUT2D eigenvalue weighted by Gasteiger charge is 2.33. The highest BCUT2D eigenvalue weighted by Crippen LogP contribution is 2.39. The van der Waals surface area contributed by atoms with E-state index in [2.05, 4.69) is 12.0 Å². The van der Waals surface area contributed by atoms with E-state index >= 15 is 0 Å². The van der Waals surface area contributed by atoms with Crippen molar-refractivity contribution in [1.29, 1.82) is 0 Å². The third-order valence-corrected chi connectivity index (χ3v) is 5.75. The van der Waals surface area contributed by atoms with Gasteiger partial charge in [0.2, 0.25) is 0 Å². The summed E-state index contributed by atoms with van der Waals surface area (Å²) in [7, 11) is -1.88. The van der Waals surface area contributed by atoms with Crippen molar-refractivity contribution in [2.75, 3.05) is 10.8 Å². The van der Waals surface area contributed by atoms with E-state index in [0.717, 1.165) is 23.2 Å². The molecule has 0 saturated carbocycles. The zero-order valence-corrected chi connectivity index (χ0v) is 13.3. The smallest absolute Gasteiger partial charge is 0.274 e. The van der Waals surface area contributed by atoms with Gasteiger partial charge in [-0.2, -0.15) is 13.5 Å². The lowest BCUT2D eigenvalue weighted by Gasteiger charge is -2.34. The number of nitrogens with zero attached hydrogens (tertiary/aromatic N) is 3. The molecule has 0 spiro atoms. The largest absolute Gasteiger partial charge is 0.283 e. The summed E-state index contributed by atoms with van der Waals surface area (Å²) in [6, 6.07) is 7.51. The van der Waals surface area contributed by atoms with E-state index in [1.165, 1.54) is 8.99 Å². The molecule has 6 heteroatoms. The molecule has 0 radical (unpaired) electrons. The Balaban J connectivity index is 2.15. The number of anilines is 1. The van der Waals surface area contributed by atoms with E-state index in [9.17, 15) is 8.42 Å². The van der Waals surface area contributed by atoms with Gasteiger partial charge in [-0.1, -0.05) is 25.1 Å². The van der Waals surface area contributed by atoms with Crippen molar-refractivity contribution < 1.29 is 8.42 Å². The second-order valence-electron chi connectivity index (χ2n) is 5.61. The number of para-hydroxylation sites is 1. The number of sulfonamides is 1. The van der Waals surface area contributed by atoms with E-state index < -0.39 is 10.0 Å². The van der Waals surface area contributed by atoms with Crippen LogP contribution < -0.4 is 4.31 Å². The number of hydrogen-bond acceptors (Lipinski definition) is 3. The number of benzene rings is 1. The van der Waals surface area contributed by atoms with Crippen LogP contribution in [0.3, 0.4) is 0 Å². The van der Waals surface area contributed by atoms with Gasteiger partial charge < -0.3 is 0 Å². The minimum Gasteiger partial charge on any atom is -0.274 e. The third-order valence-electron chi connectivity index (χ3n) is 4.06. The third kappa shape index (κ3) is 2.23. The lowest BCUT2D eigenvalue weighted by molar-refractivity contribution is 0.571. The standard InChI is InChI=1S/C15H19N3O2S/c1-11-7-10-18(15-12(2)5-4-6-13(11)15)21(19,20)14-8-9-17(3)16-14/h4-6,8-9,11H,7,10H2,1-3H3. The molecule has 2 aromatic rings. The maximum absolute atomic E-state index is 12.9. The normalized spacial score (nSPS) is 18.6. The summed E-state index contributed by atoms with van der Waals surface area (Å²) in [6.45, 7) is 4.60. The predicted octanol–water partition coefficient (Wildman–Crippen LogP) is 2.43. The quantitative estimate of drug-likeness (QED) is 0.856. The average Bonchev–Trinajstić information content (AvgIpc) is 2.87. The summed E-state index contributed by atoms with van der Waals surface area (Å²) in [4.78, 5) is 0. The molecule has 112 valence electrons. The van der Waals surface area contributed by atoms with Gasteiger partial charge in [0.25, 0.3) is 10.0 Å². The number of hydrogen-bond donors (Lipinski definition) is 0. The van der Waals surface area contributed by atoms with Gasteiger partial charge >= 0.3 is 0 Å². The van der Waals surface area contributed by atoms with Gasteiger partial charge in [0, 0.05) is 19.8 Å². The average molecular weight is 305 g/mol. The van der Waals surface area contributed by atoms with Crippen molar-refractivity contribution >= 4 is 15.7 Å². The molecule has 2 heterocycles. The molecule has 1 aliphatic rings. The van der Waals surface area contributed by atoms with Crippen LogP contribution in [0.1, 0.15) is 30.4 Å².